The number of hydrogen-bond acceptors (Lipinski definition) is 4. The molecule has 0 aliphatic rings. The minimum Gasteiger partial charge on any atom is -0.383 e. The molecule has 0 spiro atoms. The average molecular weight is 314 g/mol. The first-order valence-corrected chi connectivity index (χ1v) is 7.48. The highest BCUT2D eigenvalue weighted by Crippen LogP contribution is 2.32. The van der Waals surface area contributed by atoms with E-state index in [9.17, 15) is 4.39 Å². The fourth-order valence-corrected chi connectivity index (χ4v) is 2.73. The number of ether oxygens (including phenoxy) is 1. The zero-order valence-electron chi connectivity index (χ0n) is 13.2. The van der Waals surface area contributed by atoms with Crippen LogP contribution in [0.15, 0.2) is 36.5 Å². The van der Waals surface area contributed by atoms with Crippen LogP contribution in [0.2, 0.25) is 0 Å². The molecule has 3 aromatic rings. The van der Waals surface area contributed by atoms with Crippen LogP contribution in [0.4, 0.5) is 4.39 Å². The van der Waals surface area contributed by atoms with Crippen molar-refractivity contribution in [3.05, 3.63) is 48.2 Å². The molecule has 0 saturated carbocycles. The van der Waals surface area contributed by atoms with Gasteiger partial charge in [-0.1, -0.05) is 6.07 Å². The highest BCUT2D eigenvalue weighted by atomic mass is 19.1. The van der Waals surface area contributed by atoms with Gasteiger partial charge in [0.25, 0.3) is 0 Å². The second-order valence-electron chi connectivity index (χ2n) is 5.41. The summed E-state index contributed by atoms with van der Waals surface area (Å²) < 4.78 is 21.7. The number of methoxy groups -OCH3 is 1. The Morgan fingerprint density at radius 1 is 1.30 bits per heavy atom. The molecular weight excluding hydrogens is 295 g/mol. The molecule has 5 nitrogen and oxygen atoms in total. The predicted octanol–water partition coefficient (Wildman–Crippen LogP) is 2.90. The Bertz CT molecular complexity index is 814. The van der Waals surface area contributed by atoms with Gasteiger partial charge in [-0.05, 0) is 31.2 Å². The number of nitrogens with zero attached hydrogens (tertiary/aromatic N) is 3. The van der Waals surface area contributed by atoms with Crippen molar-refractivity contribution in [2.24, 2.45) is 5.73 Å². The first-order chi connectivity index (χ1) is 11.1. The second kappa shape index (κ2) is 6.44. The van der Waals surface area contributed by atoms with Crippen molar-refractivity contribution in [1.82, 2.24) is 14.5 Å². The van der Waals surface area contributed by atoms with Gasteiger partial charge in [0.15, 0.2) is 0 Å². The molecule has 0 amide bonds. The summed E-state index contributed by atoms with van der Waals surface area (Å²) in [6.45, 7) is 2.90. The number of halogens is 1. The first kappa shape index (κ1) is 15.6. The van der Waals surface area contributed by atoms with Gasteiger partial charge in [0.05, 0.1) is 34.9 Å². The number of nitrogens with two attached hydrogens (primary N) is 1. The smallest absolute Gasteiger partial charge is 0.134 e. The molecule has 0 bridgehead atoms. The van der Waals surface area contributed by atoms with E-state index in [1.807, 2.05) is 17.6 Å². The van der Waals surface area contributed by atoms with E-state index in [1.54, 1.807) is 31.5 Å². The van der Waals surface area contributed by atoms with Crippen molar-refractivity contribution in [2.75, 3.05) is 13.7 Å². The maximum atomic E-state index is 14.6. The van der Waals surface area contributed by atoms with E-state index in [2.05, 4.69) is 9.97 Å². The number of benzene rings is 1. The van der Waals surface area contributed by atoms with Crippen LogP contribution in [0.5, 0.6) is 0 Å². The molecule has 23 heavy (non-hydrogen) atoms. The summed E-state index contributed by atoms with van der Waals surface area (Å²) in [4.78, 5) is 8.87. The minimum atomic E-state index is -0.328. The van der Waals surface area contributed by atoms with Gasteiger partial charge in [0.2, 0.25) is 0 Å². The fourth-order valence-electron chi connectivity index (χ4n) is 2.73. The third-order valence-electron chi connectivity index (χ3n) is 3.73. The second-order valence-corrected chi connectivity index (χ2v) is 5.41. The van der Waals surface area contributed by atoms with Gasteiger partial charge < -0.3 is 15.0 Å². The number of aromatic nitrogens is 3. The van der Waals surface area contributed by atoms with Crippen LogP contribution in [-0.2, 0) is 11.3 Å². The van der Waals surface area contributed by atoms with Crippen molar-refractivity contribution < 1.29 is 9.13 Å². The summed E-state index contributed by atoms with van der Waals surface area (Å²) in [6, 6.07) is 8.26. The molecule has 0 aliphatic carbocycles. The zero-order chi connectivity index (χ0) is 16.4. The topological polar surface area (TPSA) is 66.0 Å². The zero-order valence-corrected chi connectivity index (χ0v) is 13.2. The Labute approximate surface area is 133 Å². The van der Waals surface area contributed by atoms with Gasteiger partial charge in [-0.25, -0.2) is 9.37 Å². The average Bonchev–Trinajstić information content (AvgIpc) is 2.92. The summed E-state index contributed by atoms with van der Waals surface area (Å²) in [7, 11) is 1.63. The number of hydrogen-bond donors (Lipinski definition) is 1. The summed E-state index contributed by atoms with van der Waals surface area (Å²) >= 11 is 0. The van der Waals surface area contributed by atoms with E-state index >= 15 is 0 Å². The maximum absolute atomic E-state index is 14.6. The monoisotopic (exact) mass is 314 g/mol. The third-order valence-corrected chi connectivity index (χ3v) is 3.73. The molecule has 3 rings (SSSR count). The molecular formula is C17H19FN4O. The van der Waals surface area contributed by atoms with Crippen molar-refractivity contribution in [3.63, 3.8) is 0 Å². The number of fused-ring (bicyclic) bond motifs is 1. The van der Waals surface area contributed by atoms with Gasteiger partial charge in [0, 0.05) is 19.9 Å². The van der Waals surface area contributed by atoms with Crippen LogP contribution in [-0.4, -0.2) is 28.3 Å². The highest BCUT2D eigenvalue weighted by Gasteiger charge is 2.20. The van der Waals surface area contributed by atoms with Gasteiger partial charge in [0.1, 0.15) is 11.6 Å². The molecule has 0 unspecified atom stereocenters. The van der Waals surface area contributed by atoms with Crippen molar-refractivity contribution in [3.8, 4) is 11.3 Å². The first-order valence-electron chi connectivity index (χ1n) is 7.48. The van der Waals surface area contributed by atoms with E-state index in [0.717, 1.165) is 0 Å². The standard InChI is InChI=1S/C17H19FN4O/c1-11(19)17-21-14-7-6-12(18)15(13-5-3-4-8-20-13)16(14)22(17)9-10-23-2/h3-8,11H,9-10,19H2,1-2H3/t11-/m0/s1. The quantitative estimate of drug-likeness (QED) is 0.786. The molecule has 1 atom stereocenters. The summed E-state index contributed by atoms with van der Waals surface area (Å²) in [5, 5.41) is 0. The Morgan fingerprint density at radius 2 is 2.13 bits per heavy atom. The highest BCUT2D eigenvalue weighted by molar-refractivity contribution is 5.92. The molecule has 0 aliphatic heterocycles. The molecule has 2 aromatic heterocycles. The van der Waals surface area contributed by atoms with Crippen molar-refractivity contribution in [2.45, 2.75) is 19.5 Å². The summed E-state index contributed by atoms with van der Waals surface area (Å²) in [5.41, 5.74) is 8.47. The Balaban J connectivity index is 2.32. The third kappa shape index (κ3) is 2.83. The molecule has 2 heterocycles. The lowest BCUT2D eigenvalue weighted by molar-refractivity contribution is 0.187. The molecule has 0 saturated heterocycles. The van der Waals surface area contributed by atoms with Crippen LogP contribution in [0.3, 0.4) is 0 Å². The SMILES string of the molecule is COCCn1c([C@H](C)N)nc2ccc(F)c(-c3ccccn3)c21. The van der Waals surface area contributed by atoms with Crippen molar-refractivity contribution >= 4 is 11.0 Å². The van der Waals surface area contributed by atoms with E-state index in [1.165, 1.54) is 6.07 Å². The lowest BCUT2D eigenvalue weighted by Crippen LogP contribution is -2.16. The van der Waals surface area contributed by atoms with Crippen molar-refractivity contribution in [1.29, 1.82) is 0 Å². The van der Waals surface area contributed by atoms with E-state index in [-0.39, 0.29) is 11.9 Å². The molecule has 0 fully saturated rings. The van der Waals surface area contributed by atoms with Crippen LogP contribution < -0.4 is 5.73 Å². The maximum Gasteiger partial charge on any atom is 0.134 e. The van der Waals surface area contributed by atoms with Crippen LogP contribution in [0.25, 0.3) is 22.3 Å². The van der Waals surface area contributed by atoms with Gasteiger partial charge in [-0.3, -0.25) is 4.98 Å². The molecule has 2 N–H and O–H groups in total. The predicted molar refractivity (Wildman–Crippen MR) is 87.4 cm³/mol. The van der Waals surface area contributed by atoms with E-state index < -0.39 is 0 Å². The van der Waals surface area contributed by atoms with Crippen LogP contribution in [0.1, 0.15) is 18.8 Å². The lowest BCUT2D eigenvalue weighted by atomic mass is 10.1. The van der Waals surface area contributed by atoms with E-state index in [0.29, 0.717) is 41.3 Å². The van der Waals surface area contributed by atoms with Gasteiger partial charge >= 0.3 is 0 Å². The Hall–Kier alpha value is -2.31. The van der Waals surface area contributed by atoms with Crippen LogP contribution in [0, 0.1) is 5.82 Å². The number of imidazole rings is 1. The molecule has 1 aromatic carbocycles. The Morgan fingerprint density at radius 3 is 2.78 bits per heavy atom. The summed E-state index contributed by atoms with van der Waals surface area (Å²) in [6.07, 6.45) is 1.65. The summed E-state index contributed by atoms with van der Waals surface area (Å²) in [5.74, 6) is 0.380. The minimum absolute atomic E-state index is 0.265. The number of rotatable bonds is 5. The fraction of sp³-hybridized carbons (Fsp3) is 0.294. The lowest BCUT2D eigenvalue weighted by Gasteiger charge is -2.13. The number of pyridine rings is 1. The van der Waals surface area contributed by atoms with Gasteiger partial charge in [-0.15, -0.1) is 0 Å². The normalized spacial score (nSPS) is 12.7. The molecule has 0 radical (unpaired) electrons. The largest absolute Gasteiger partial charge is 0.383 e. The molecule has 6 heteroatoms. The van der Waals surface area contributed by atoms with E-state index in [4.69, 9.17) is 10.5 Å². The Kier molecular flexibility index (Phi) is 4.36. The van der Waals surface area contributed by atoms with Crippen LogP contribution >= 0.6 is 0 Å². The molecule has 120 valence electrons. The van der Waals surface area contributed by atoms with Gasteiger partial charge in [-0.2, -0.15) is 0 Å².